The number of aryl methyl sites for hydroxylation is 2. The SMILES string of the molecule is O=C(O)CCCN(CCCCc1ccc2c(n1)NCCC2)CCOCC(F)F. The second kappa shape index (κ2) is 12.6. The minimum absolute atomic E-state index is 0.112. The first-order valence-electron chi connectivity index (χ1n) is 10.1. The molecule has 1 aromatic rings. The Labute approximate surface area is 165 Å². The Morgan fingerprint density at radius 2 is 2.07 bits per heavy atom. The fraction of sp³-hybridized carbons (Fsp3) is 0.700. The third kappa shape index (κ3) is 8.93. The Kier molecular flexibility index (Phi) is 10.1. The number of fused-ring (bicyclic) bond motifs is 1. The van der Waals surface area contributed by atoms with Gasteiger partial charge in [0, 0.05) is 25.2 Å². The Bertz CT molecular complexity index is 602. The molecule has 0 atom stereocenters. The van der Waals surface area contributed by atoms with Crippen molar-refractivity contribution in [1.82, 2.24) is 9.88 Å². The number of ether oxygens (including phenoxy) is 1. The van der Waals surface area contributed by atoms with Gasteiger partial charge in [0.1, 0.15) is 12.4 Å². The van der Waals surface area contributed by atoms with E-state index < -0.39 is 19.0 Å². The number of hydrogen-bond acceptors (Lipinski definition) is 5. The van der Waals surface area contributed by atoms with E-state index in [1.807, 2.05) is 0 Å². The lowest BCUT2D eigenvalue weighted by Gasteiger charge is -2.22. The lowest BCUT2D eigenvalue weighted by molar-refractivity contribution is -0.137. The molecule has 158 valence electrons. The molecule has 8 heteroatoms. The quantitative estimate of drug-likeness (QED) is 0.468. The van der Waals surface area contributed by atoms with Gasteiger partial charge in [0.15, 0.2) is 0 Å². The summed E-state index contributed by atoms with van der Waals surface area (Å²) in [4.78, 5) is 17.5. The normalized spacial score (nSPS) is 13.6. The van der Waals surface area contributed by atoms with Crippen LogP contribution in [-0.4, -0.2) is 66.8 Å². The number of nitrogens with zero attached hydrogens (tertiary/aromatic N) is 2. The molecule has 0 amide bonds. The van der Waals surface area contributed by atoms with Gasteiger partial charge < -0.3 is 20.1 Å². The van der Waals surface area contributed by atoms with Gasteiger partial charge in [-0.2, -0.15) is 0 Å². The molecule has 0 saturated carbocycles. The molecule has 2 heterocycles. The first-order chi connectivity index (χ1) is 13.5. The summed E-state index contributed by atoms with van der Waals surface area (Å²) in [5.41, 5.74) is 2.36. The van der Waals surface area contributed by atoms with Crippen LogP contribution in [0.25, 0.3) is 0 Å². The molecule has 1 aliphatic rings. The maximum absolute atomic E-state index is 12.2. The van der Waals surface area contributed by atoms with Gasteiger partial charge in [-0.05, 0) is 63.2 Å². The van der Waals surface area contributed by atoms with E-state index in [-0.39, 0.29) is 13.0 Å². The number of alkyl halides is 2. The van der Waals surface area contributed by atoms with Crippen molar-refractivity contribution in [1.29, 1.82) is 0 Å². The fourth-order valence-corrected chi connectivity index (χ4v) is 3.30. The first-order valence-corrected chi connectivity index (χ1v) is 10.1. The van der Waals surface area contributed by atoms with Crippen molar-refractivity contribution in [2.75, 3.05) is 44.7 Å². The van der Waals surface area contributed by atoms with Gasteiger partial charge in [-0.1, -0.05) is 6.07 Å². The van der Waals surface area contributed by atoms with Gasteiger partial charge in [0.2, 0.25) is 0 Å². The number of anilines is 1. The van der Waals surface area contributed by atoms with Gasteiger partial charge in [0.25, 0.3) is 6.43 Å². The third-order valence-corrected chi connectivity index (χ3v) is 4.77. The molecule has 2 rings (SSSR count). The Hall–Kier alpha value is -1.80. The molecule has 0 saturated heterocycles. The number of pyridine rings is 1. The zero-order valence-electron chi connectivity index (χ0n) is 16.3. The van der Waals surface area contributed by atoms with Crippen molar-refractivity contribution in [3.63, 3.8) is 0 Å². The van der Waals surface area contributed by atoms with E-state index in [2.05, 4.69) is 22.3 Å². The van der Waals surface area contributed by atoms with E-state index in [0.717, 1.165) is 56.7 Å². The van der Waals surface area contributed by atoms with Crippen LogP contribution in [0.5, 0.6) is 0 Å². The standard InChI is InChI=1S/C20H31F2N3O3/c21-18(22)15-28-14-13-25(12-4-7-19(26)27)11-2-1-6-17-9-8-16-5-3-10-23-20(16)24-17/h8-9,18H,1-7,10-15H2,(H,23,24)(H,26,27). The lowest BCUT2D eigenvalue weighted by Crippen LogP contribution is -2.30. The van der Waals surface area contributed by atoms with Crippen LogP contribution in [0, 0.1) is 0 Å². The van der Waals surface area contributed by atoms with Gasteiger partial charge >= 0.3 is 5.97 Å². The van der Waals surface area contributed by atoms with Crippen molar-refractivity contribution in [3.8, 4) is 0 Å². The van der Waals surface area contributed by atoms with Crippen molar-refractivity contribution in [2.45, 2.75) is 51.4 Å². The third-order valence-electron chi connectivity index (χ3n) is 4.77. The Balaban J connectivity index is 1.70. The van der Waals surface area contributed by atoms with Crippen LogP contribution in [0.15, 0.2) is 12.1 Å². The van der Waals surface area contributed by atoms with Crippen molar-refractivity contribution >= 4 is 11.8 Å². The van der Waals surface area contributed by atoms with E-state index in [1.165, 1.54) is 5.56 Å². The van der Waals surface area contributed by atoms with Crippen molar-refractivity contribution in [2.24, 2.45) is 0 Å². The molecular weight excluding hydrogens is 368 g/mol. The summed E-state index contributed by atoms with van der Waals surface area (Å²) in [6, 6.07) is 4.25. The number of aromatic nitrogens is 1. The predicted octanol–water partition coefficient (Wildman–Crippen LogP) is 3.21. The maximum Gasteiger partial charge on any atom is 0.303 e. The highest BCUT2D eigenvalue weighted by Gasteiger charge is 2.11. The van der Waals surface area contributed by atoms with E-state index >= 15 is 0 Å². The summed E-state index contributed by atoms with van der Waals surface area (Å²) in [6.07, 6.45) is 3.22. The number of carboxylic acids is 1. The van der Waals surface area contributed by atoms with Crippen LogP contribution in [0.1, 0.15) is 43.4 Å². The smallest absolute Gasteiger partial charge is 0.303 e. The second-order valence-electron chi connectivity index (χ2n) is 7.10. The Morgan fingerprint density at radius 1 is 1.25 bits per heavy atom. The number of aliphatic carboxylic acids is 1. The van der Waals surface area contributed by atoms with Crippen LogP contribution < -0.4 is 5.32 Å². The van der Waals surface area contributed by atoms with Gasteiger partial charge in [0.05, 0.1) is 6.61 Å². The number of rotatable bonds is 14. The summed E-state index contributed by atoms with van der Waals surface area (Å²) in [5, 5.41) is 12.1. The monoisotopic (exact) mass is 399 g/mol. The van der Waals surface area contributed by atoms with Crippen LogP contribution in [0.3, 0.4) is 0 Å². The molecule has 0 fully saturated rings. The van der Waals surface area contributed by atoms with Crippen LogP contribution in [0.4, 0.5) is 14.6 Å². The number of halogens is 2. The van der Waals surface area contributed by atoms with Crippen molar-refractivity contribution < 1.29 is 23.4 Å². The molecule has 0 unspecified atom stereocenters. The van der Waals surface area contributed by atoms with E-state index in [9.17, 15) is 13.6 Å². The highest BCUT2D eigenvalue weighted by Crippen LogP contribution is 2.20. The molecule has 0 aliphatic carbocycles. The second-order valence-corrected chi connectivity index (χ2v) is 7.10. The van der Waals surface area contributed by atoms with Gasteiger partial charge in [-0.25, -0.2) is 13.8 Å². The zero-order valence-corrected chi connectivity index (χ0v) is 16.3. The summed E-state index contributed by atoms with van der Waals surface area (Å²) in [5.74, 6) is 0.191. The van der Waals surface area contributed by atoms with Gasteiger partial charge in [-0.15, -0.1) is 0 Å². The van der Waals surface area contributed by atoms with Gasteiger partial charge in [-0.3, -0.25) is 4.79 Å². The number of carbonyl (C=O) groups is 1. The molecule has 0 spiro atoms. The first kappa shape index (κ1) is 22.5. The average Bonchev–Trinajstić information content (AvgIpc) is 2.67. The molecule has 0 radical (unpaired) electrons. The maximum atomic E-state index is 12.2. The summed E-state index contributed by atoms with van der Waals surface area (Å²) in [6.45, 7) is 2.61. The highest BCUT2D eigenvalue weighted by molar-refractivity contribution is 5.66. The molecule has 28 heavy (non-hydrogen) atoms. The number of hydrogen-bond donors (Lipinski definition) is 2. The number of carboxylic acid groups (broad SMARTS) is 1. The molecule has 0 aromatic carbocycles. The average molecular weight is 399 g/mol. The topological polar surface area (TPSA) is 74.7 Å². The van der Waals surface area contributed by atoms with Crippen LogP contribution >= 0.6 is 0 Å². The fourth-order valence-electron chi connectivity index (χ4n) is 3.30. The molecule has 0 bridgehead atoms. The minimum atomic E-state index is -2.46. The van der Waals surface area contributed by atoms with Crippen LogP contribution in [0.2, 0.25) is 0 Å². The summed E-state index contributed by atoms with van der Waals surface area (Å²) >= 11 is 0. The largest absolute Gasteiger partial charge is 0.481 e. The van der Waals surface area contributed by atoms with Crippen molar-refractivity contribution in [3.05, 3.63) is 23.4 Å². The van der Waals surface area contributed by atoms with Crippen LogP contribution in [-0.2, 0) is 22.4 Å². The molecule has 2 N–H and O–H groups in total. The molecule has 1 aliphatic heterocycles. The van der Waals surface area contributed by atoms with E-state index in [1.54, 1.807) is 0 Å². The summed E-state index contributed by atoms with van der Waals surface area (Å²) in [7, 11) is 0. The molecular formula is C20H31F2N3O3. The molecule has 1 aromatic heterocycles. The highest BCUT2D eigenvalue weighted by atomic mass is 19.3. The number of unbranched alkanes of at least 4 members (excludes halogenated alkanes) is 1. The summed E-state index contributed by atoms with van der Waals surface area (Å²) < 4.78 is 29.3. The zero-order chi connectivity index (χ0) is 20.2. The number of nitrogens with one attached hydrogen (secondary N) is 1. The predicted molar refractivity (Wildman–Crippen MR) is 104 cm³/mol. The lowest BCUT2D eigenvalue weighted by atomic mass is 10.1. The van der Waals surface area contributed by atoms with E-state index in [4.69, 9.17) is 14.8 Å². The minimum Gasteiger partial charge on any atom is -0.481 e. The van der Waals surface area contributed by atoms with E-state index in [0.29, 0.717) is 19.5 Å². The molecule has 6 nitrogen and oxygen atoms in total. The Morgan fingerprint density at radius 3 is 2.86 bits per heavy atom.